The van der Waals surface area contributed by atoms with Crippen molar-refractivity contribution in [1.82, 2.24) is 5.32 Å². The molecule has 0 saturated heterocycles. The number of carbonyl (C=O) groups excluding carboxylic acids is 1. The number of hydrogen-bond donors (Lipinski definition) is 2. The lowest BCUT2D eigenvalue weighted by atomic mass is 9.87. The van der Waals surface area contributed by atoms with Crippen LogP contribution in [0.25, 0.3) is 0 Å². The predicted octanol–water partition coefficient (Wildman–Crippen LogP) is 4.85. The summed E-state index contributed by atoms with van der Waals surface area (Å²) in [5.74, 6) is 2.18. The quantitative estimate of drug-likeness (QED) is 0.755. The van der Waals surface area contributed by atoms with E-state index < -0.39 is 0 Å². The molecule has 1 amide bonds. The highest BCUT2D eigenvalue weighted by Gasteiger charge is 2.22. The average Bonchev–Trinajstić information content (AvgIpc) is 2.71. The average molecular weight is 377 g/mol. The number of nitrogens with zero attached hydrogens (tertiary/aromatic N) is 1. The summed E-state index contributed by atoms with van der Waals surface area (Å²) in [7, 11) is 0. The Morgan fingerprint density at radius 2 is 1.61 bits per heavy atom. The van der Waals surface area contributed by atoms with Crippen molar-refractivity contribution in [2.75, 3.05) is 5.32 Å². The zero-order valence-electron chi connectivity index (χ0n) is 16.4. The molecule has 146 valence electrons. The molecule has 2 aromatic rings. The third kappa shape index (κ3) is 5.50. The van der Waals surface area contributed by atoms with Crippen LogP contribution in [0.4, 0.5) is 5.69 Å². The van der Waals surface area contributed by atoms with Gasteiger partial charge in [0.25, 0.3) is 0 Å². The molecule has 1 saturated carbocycles. The summed E-state index contributed by atoms with van der Waals surface area (Å²) in [5, 5.41) is 15.2. The smallest absolute Gasteiger partial charge is 0.242 e. The third-order valence-electron chi connectivity index (χ3n) is 5.21. The maximum atomic E-state index is 12.4. The van der Waals surface area contributed by atoms with Crippen molar-refractivity contribution in [2.45, 2.75) is 51.6 Å². The molecule has 1 aliphatic carbocycles. The molecule has 2 N–H and O–H groups in total. The molecule has 1 atom stereocenters. The van der Waals surface area contributed by atoms with Gasteiger partial charge in [-0.15, -0.1) is 0 Å². The molecule has 0 radical (unpaired) electrons. The van der Waals surface area contributed by atoms with Crippen LogP contribution in [0, 0.1) is 17.2 Å². The normalized spacial score (nSPS) is 19.9. The zero-order chi connectivity index (χ0) is 19.9. The summed E-state index contributed by atoms with van der Waals surface area (Å²) in [4.78, 5) is 12.4. The molecule has 28 heavy (non-hydrogen) atoms. The maximum absolute atomic E-state index is 12.4. The highest BCUT2D eigenvalue weighted by Crippen LogP contribution is 2.25. The topological polar surface area (TPSA) is 74.2 Å². The van der Waals surface area contributed by atoms with E-state index in [0.29, 0.717) is 23.1 Å². The van der Waals surface area contributed by atoms with Gasteiger partial charge in [-0.1, -0.05) is 6.92 Å². The zero-order valence-corrected chi connectivity index (χ0v) is 16.4. The van der Waals surface area contributed by atoms with Crippen LogP contribution >= 0.6 is 0 Å². The van der Waals surface area contributed by atoms with Crippen LogP contribution in [0.5, 0.6) is 11.5 Å². The Morgan fingerprint density at radius 3 is 2.18 bits per heavy atom. The van der Waals surface area contributed by atoms with Gasteiger partial charge in [0, 0.05) is 11.7 Å². The van der Waals surface area contributed by atoms with Gasteiger partial charge in [-0.3, -0.25) is 4.79 Å². The summed E-state index contributed by atoms with van der Waals surface area (Å²) in [6, 6.07) is 16.6. The summed E-state index contributed by atoms with van der Waals surface area (Å²) < 4.78 is 5.78. The number of nitriles is 1. The van der Waals surface area contributed by atoms with Crippen molar-refractivity contribution in [3.63, 3.8) is 0 Å². The minimum absolute atomic E-state index is 0.0393. The standard InChI is InChI=1S/C23H27N3O2/c1-16-3-7-20(8-4-16)26-23(27)17(2)25-19-9-13-22(14-10-19)28-21-11-5-18(15-24)6-12-21/h5-6,9-14,16-17,20,25H,3-4,7-8H2,1-2H3,(H,26,27). The van der Waals surface area contributed by atoms with E-state index in [-0.39, 0.29) is 11.9 Å². The number of rotatable bonds is 6. The summed E-state index contributed by atoms with van der Waals surface area (Å²) >= 11 is 0. The van der Waals surface area contributed by atoms with Gasteiger partial charge in [0.15, 0.2) is 0 Å². The van der Waals surface area contributed by atoms with Crippen LogP contribution in [-0.2, 0) is 4.79 Å². The monoisotopic (exact) mass is 377 g/mol. The van der Waals surface area contributed by atoms with E-state index >= 15 is 0 Å². The third-order valence-corrected chi connectivity index (χ3v) is 5.21. The van der Waals surface area contributed by atoms with Gasteiger partial charge < -0.3 is 15.4 Å². The van der Waals surface area contributed by atoms with E-state index in [1.807, 2.05) is 31.2 Å². The molecule has 0 aliphatic heterocycles. The van der Waals surface area contributed by atoms with E-state index in [1.54, 1.807) is 24.3 Å². The molecule has 3 rings (SSSR count). The molecule has 1 fully saturated rings. The van der Waals surface area contributed by atoms with E-state index in [9.17, 15) is 4.79 Å². The predicted molar refractivity (Wildman–Crippen MR) is 110 cm³/mol. The lowest BCUT2D eigenvalue weighted by Crippen LogP contribution is -2.44. The first-order valence-electron chi connectivity index (χ1n) is 9.88. The molecular formula is C23H27N3O2. The first-order chi connectivity index (χ1) is 13.5. The molecule has 5 heteroatoms. The number of benzene rings is 2. The highest BCUT2D eigenvalue weighted by molar-refractivity contribution is 5.84. The first kappa shape index (κ1) is 19.8. The molecule has 1 aliphatic rings. The van der Waals surface area contributed by atoms with Crippen LogP contribution in [0.1, 0.15) is 45.1 Å². The molecule has 0 heterocycles. The van der Waals surface area contributed by atoms with Crippen molar-refractivity contribution in [2.24, 2.45) is 5.92 Å². The maximum Gasteiger partial charge on any atom is 0.242 e. The van der Waals surface area contributed by atoms with Crippen molar-refractivity contribution in [3.8, 4) is 17.6 Å². The molecule has 5 nitrogen and oxygen atoms in total. The number of nitrogens with one attached hydrogen (secondary N) is 2. The lowest BCUT2D eigenvalue weighted by molar-refractivity contribution is -0.122. The second-order valence-electron chi connectivity index (χ2n) is 7.59. The fourth-order valence-electron chi connectivity index (χ4n) is 3.40. The SMILES string of the molecule is CC1CCC(NC(=O)C(C)Nc2ccc(Oc3ccc(C#N)cc3)cc2)CC1. The van der Waals surface area contributed by atoms with Crippen LogP contribution < -0.4 is 15.4 Å². The lowest BCUT2D eigenvalue weighted by Gasteiger charge is -2.28. The number of carbonyl (C=O) groups is 1. The minimum atomic E-state index is -0.301. The Bertz CT molecular complexity index is 816. The fraction of sp³-hybridized carbons (Fsp3) is 0.391. The van der Waals surface area contributed by atoms with Gasteiger partial charge in [-0.05, 0) is 87.1 Å². The van der Waals surface area contributed by atoms with Crippen molar-refractivity contribution in [3.05, 3.63) is 54.1 Å². The summed E-state index contributed by atoms with van der Waals surface area (Å²) in [5.41, 5.74) is 1.47. The number of amides is 1. The Morgan fingerprint density at radius 1 is 1.04 bits per heavy atom. The van der Waals surface area contributed by atoms with Crippen molar-refractivity contribution >= 4 is 11.6 Å². The second kappa shape index (κ2) is 9.27. The molecular weight excluding hydrogens is 350 g/mol. The number of ether oxygens (including phenoxy) is 1. The van der Waals surface area contributed by atoms with E-state index in [4.69, 9.17) is 10.00 Å². The van der Waals surface area contributed by atoms with Crippen LogP contribution in [0.15, 0.2) is 48.5 Å². The van der Waals surface area contributed by atoms with Crippen molar-refractivity contribution < 1.29 is 9.53 Å². The fourth-order valence-corrected chi connectivity index (χ4v) is 3.40. The summed E-state index contributed by atoms with van der Waals surface area (Å²) in [6.07, 6.45) is 4.52. The molecule has 0 aromatic heterocycles. The van der Waals surface area contributed by atoms with Gasteiger partial charge in [0.2, 0.25) is 5.91 Å². The van der Waals surface area contributed by atoms with Gasteiger partial charge >= 0.3 is 0 Å². The van der Waals surface area contributed by atoms with Gasteiger partial charge in [-0.25, -0.2) is 0 Å². The Hall–Kier alpha value is -3.00. The van der Waals surface area contributed by atoms with Gasteiger partial charge in [0.05, 0.1) is 11.6 Å². The Labute approximate surface area is 166 Å². The van der Waals surface area contributed by atoms with Gasteiger partial charge in [0.1, 0.15) is 17.5 Å². The van der Waals surface area contributed by atoms with Gasteiger partial charge in [-0.2, -0.15) is 5.26 Å². The number of anilines is 1. The largest absolute Gasteiger partial charge is 0.457 e. The van der Waals surface area contributed by atoms with E-state index in [2.05, 4.69) is 23.6 Å². The van der Waals surface area contributed by atoms with E-state index in [1.165, 1.54) is 12.8 Å². The summed E-state index contributed by atoms with van der Waals surface area (Å²) in [6.45, 7) is 4.15. The van der Waals surface area contributed by atoms with Crippen LogP contribution in [0.2, 0.25) is 0 Å². The second-order valence-corrected chi connectivity index (χ2v) is 7.59. The van der Waals surface area contributed by atoms with Crippen LogP contribution in [0.3, 0.4) is 0 Å². The van der Waals surface area contributed by atoms with E-state index in [0.717, 1.165) is 24.4 Å². The first-order valence-corrected chi connectivity index (χ1v) is 9.88. The molecule has 0 spiro atoms. The minimum Gasteiger partial charge on any atom is -0.457 e. The molecule has 2 aromatic carbocycles. The Kier molecular flexibility index (Phi) is 6.54. The highest BCUT2D eigenvalue weighted by atomic mass is 16.5. The van der Waals surface area contributed by atoms with Crippen LogP contribution in [-0.4, -0.2) is 18.0 Å². The van der Waals surface area contributed by atoms with Crippen molar-refractivity contribution in [1.29, 1.82) is 5.26 Å². The molecule has 1 unspecified atom stereocenters. The Balaban J connectivity index is 1.50. The molecule has 0 bridgehead atoms. The number of hydrogen-bond acceptors (Lipinski definition) is 4.